The zero-order chi connectivity index (χ0) is 15.0. The first-order valence-electron chi connectivity index (χ1n) is 7.34. The first-order valence-corrected chi connectivity index (χ1v) is 7.34. The van der Waals surface area contributed by atoms with Crippen molar-refractivity contribution < 1.29 is 4.74 Å². The topological polar surface area (TPSA) is 41.7 Å². The van der Waals surface area contributed by atoms with Gasteiger partial charge in [0.05, 0.1) is 7.11 Å². The van der Waals surface area contributed by atoms with Crippen molar-refractivity contribution in [2.24, 2.45) is 5.73 Å². The van der Waals surface area contributed by atoms with Crippen LogP contribution in [0.1, 0.15) is 24.9 Å². The summed E-state index contributed by atoms with van der Waals surface area (Å²) in [5, 5.41) is 0. The summed E-state index contributed by atoms with van der Waals surface area (Å²) < 4.78 is 5.39. The van der Waals surface area contributed by atoms with Gasteiger partial charge in [-0.3, -0.25) is 0 Å². The Morgan fingerprint density at radius 2 is 1.90 bits per heavy atom. The molecule has 0 saturated heterocycles. The van der Waals surface area contributed by atoms with E-state index in [9.17, 15) is 0 Å². The molecule has 1 unspecified atom stereocenters. The number of hydrogen-bond acceptors (Lipinski definition) is 4. The number of nitrogens with two attached hydrogens (primary N) is 1. The van der Waals surface area contributed by atoms with Crippen LogP contribution in [0.5, 0.6) is 5.75 Å². The Bertz CT molecular complexity index is 382. The average Bonchev–Trinajstić information content (AvgIpc) is 2.45. The molecule has 0 bridgehead atoms. The molecule has 0 saturated carbocycles. The second-order valence-corrected chi connectivity index (χ2v) is 5.40. The molecule has 0 amide bonds. The summed E-state index contributed by atoms with van der Waals surface area (Å²) in [4.78, 5) is 4.62. The second kappa shape index (κ2) is 8.95. The molecule has 1 rings (SSSR count). The second-order valence-electron chi connectivity index (χ2n) is 5.40. The highest BCUT2D eigenvalue weighted by atomic mass is 16.5. The normalized spacial score (nSPS) is 12.9. The fourth-order valence-electron chi connectivity index (χ4n) is 2.34. The molecule has 0 aliphatic heterocycles. The van der Waals surface area contributed by atoms with E-state index < -0.39 is 0 Å². The van der Waals surface area contributed by atoms with Crippen LogP contribution >= 0.6 is 0 Å². The van der Waals surface area contributed by atoms with E-state index in [4.69, 9.17) is 10.5 Å². The molecule has 4 heteroatoms. The molecule has 0 aliphatic carbocycles. The SMILES string of the molecule is CCN(CCCN(C)C)CC(N)c1ccccc1OC. The van der Waals surface area contributed by atoms with Crippen molar-refractivity contribution in [3.8, 4) is 5.75 Å². The van der Waals surface area contributed by atoms with Crippen LogP contribution in [0.2, 0.25) is 0 Å². The van der Waals surface area contributed by atoms with Crippen molar-refractivity contribution >= 4 is 0 Å². The molecule has 4 nitrogen and oxygen atoms in total. The standard InChI is InChI=1S/C16H29N3O/c1-5-19(12-8-11-18(2)3)13-15(17)14-9-6-7-10-16(14)20-4/h6-7,9-10,15H,5,8,11-13,17H2,1-4H3. The van der Waals surface area contributed by atoms with Crippen LogP contribution in [0.4, 0.5) is 0 Å². The molecule has 0 radical (unpaired) electrons. The number of nitrogens with zero attached hydrogens (tertiary/aromatic N) is 2. The number of methoxy groups -OCH3 is 1. The minimum atomic E-state index is -0.00884. The molecule has 0 fully saturated rings. The molecule has 0 heterocycles. The van der Waals surface area contributed by atoms with E-state index in [0.717, 1.165) is 37.5 Å². The van der Waals surface area contributed by atoms with Gasteiger partial charge in [0.15, 0.2) is 0 Å². The fourth-order valence-corrected chi connectivity index (χ4v) is 2.34. The monoisotopic (exact) mass is 279 g/mol. The van der Waals surface area contributed by atoms with Gasteiger partial charge in [-0.1, -0.05) is 25.1 Å². The molecule has 1 atom stereocenters. The van der Waals surface area contributed by atoms with Crippen LogP contribution in [0, 0.1) is 0 Å². The van der Waals surface area contributed by atoms with Gasteiger partial charge in [-0.2, -0.15) is 0 Å². The summed E-state index contributed by atoms with van der Waals surface area (Å²) in [5.41, 5.74) is 7.43. The van der Waals surface area contributed by atoms with Gasteiger partial charge in [0.25, 0.3) is 0 Å². The van der Waals surface area contributed by atoms with Crippen LogP contribution in [-0.2, 0) is 0 Å². The highest BCUT2D eigenvalue weighted by Gasteiger charge is 2.14. The number of ether oxygens (including phenoxy) is 1. The molecule has 1 aromatic carbocycles. The van der Waals surface area contributed by atoms with Gasteiger partial charge in [0.1, 0.15) is 5.75 Å². The third kappa shape index (κ3) is 5.49. The minimum Gasteiger partial charge on any atom is -0.496 e. The minimum absolute atomic E-state index is 0.00884. The van der Waals surface area contributed by atoms with Crippen molar-refractivity contribution in [1.29, 1.82) is 0 Å². The van der Waals surface area contributed by atoms with Gasteiger partial charge in [-0.25, -0.2) is 0 Å². The van der Waals surface area contributed by atoms with E-state index >= 15 is 0 Å². The van der Waals surface area contributed by atoms with Crippen molar-refractivity contribution in [2.75, 3.05) is 47.4 Å². The number of hydrogen-bond donors (Lipinski definition) is 1. The summed E-state index contributed by atoms with van der Waals surface area (Å²) >= 11 is 0. The lowest BCUT2D eigenvalue weighted by Crippen LogP contribution is -2.34. The Kier molecular flexibility index (Phi) is 7.59. The van der Waals surface area contributed by atoms with Gasteiger partial charge in [-0.05, 0) is 46.2 Å². The van der Waals surface area contributed by atoms with Crippen molar-refractivity contribution in [2.45, 2.75) is 19.4 Å². The largest absolute Gasteiger partial charge is 0.496 e. The zero-order valence-electron chi connectivity index (χ0n) is 13.3. The number of para-hydroxylation sites is 1. The molecule has 2 N–H and O–H groups in total. The van der Waals surface area contributed by atoms with E-state index in [2.05, 4.69) is 36.9 Å². The van der Waals surface area contributed by atoms with Crippen LogP contribution in [0.15, 0.2) is 24.3 Å². The lowest BCUT2D eigenvalue weighted by Gasteiger charge is -2.25. The highest BCUT2D eigenvalue weighted by molar-refractivity contribution is 5.35. The van der Waals surface area contributed by atoms with Crippen molar-refractivity contribution in [3.63, 3.8) is 0 Å². The van der Waals surface area contributed by atoms with Crippen LogP contribution in [0.25, 0.3) is 0 Å². The first kappa shape index (κ1) is 17.0. The molecular weight excluding hydrogens is 250 g/mol. The van der Waals surface area contributed by atoms with E-state index in [1.54, 1.807) is 7.11 Å². The van der Waals surface area contributed by atoms with E-state index in [0.29, 0.717) is 0 Å². The highest BCUT2D eigenvalue weighted by Crippen LogP contribution is 2.23. The Morgan fingerprint density at radius 3 is 2.50 bits per heavy atom. The van der Waals surface area contributed by atoms with E-state index in [1.165, 1.54) is 6.42 Å². The summed E-state index contributed by atoms with van der Waals surface area (Å²) in [7, 11) is 5.91. The maximum absolute atomic E-state index is 6.35. The van der Waals surface area contributed by atoms with Gasteiger partial charge in [0, 0.05) is 18.2 Å². The Hall–Kier alpha value is -1.10. The maximum Gasteiger partial charge on any atom is 0.123 e. The van der Waals surface area contributed by atoms with Crippen LogP contribution in [-0.4, -0.2) is 57.2 Å². The lowest BCUT2D eigenvalue weighted by molar-refractivity contribution is 0.251. The van der Waals surface area contributed by atoms with Crippen LogP contribution in [0.3, 0.4) is 0 Å². The lowest BCUT2D eigenvalue weighted by atomic mass is 10.1. The quantitative estimate of drug-likeness (QED) is 0.750. The van der Waals surface area contributed by atoms with Crippen molar-refractivity contribution in [3.05, 3.63) is 29.8 Å². The summed E-state index contributed by atoms with van der Waals surface area (Å²) in [6.07, 6.45) is 1.17. The van der Waals surface area contributed by atoms with Gasteiger partial charge >= 0.3 is 0 Å². The zero-order valence-corrected chi connectivity index (χ0v) is 13.3. The van der Waals surface area contributed by atoms with Crippen molar-refractivity contribution in [1.82, 2.24) is 9.80 Å². The van der Waals surface area contributed by atoms with Gasteiger partial charge in [0.2, 0.25) is 0 Å². The van der Waals surface area contributed by atoms with E-state index in [-0.39, 0.29) is 6.04 Å². The summed E-state index contributed by atoms with van der Waals surface area (Å²) in [6, 6.07) is 8.00. The molecule has 20 heavy (non-hydrogen) atoms. The van der Waals surface area contributed by atoms with Gasteiger partial charge < -0.3 is 20.3 Å². The first-order chi connectivity index (χ1) is 9.58. The number of benzene rings is 1. The maximum atomic E-state index is 6.35. The fraction of sp³-hybridized carbons (Fsp3) is 0.625. The van der Waals surface area contributed by atoms with Crippen LogP contribution < -0.4 is 10.5 Å². The Balaban J connectivity index is 2.55. The summed E-state index contributed by atoms with van der Waals surface area (Å²) in [5.74, 6) is 0.879. The molecule has 1 aromatic rings. The molecule has 0 aliphatic rings. The third-order valence-electron chi connectivity index (χ3n) is 3.52. The summed E-state index contributed by atoms with van der Waals surface area (Å²) in [6.45, 7) is 6.27. The smallest absolute Gasteiger partial charge is 0.123 e. The Labute approximate surface area is 123 Å². The predicted octanol–water partition coefficient (Wildman–Crippen LogP) is 1.97. The molecule has 0 spiro atoms. The number of rotatable bonds is 9. The molecule has 114 valence electrons. The molecule has 0 aromatic heterocycles. The van der Waals surface area contributed by atoms with Gasteiger partial charge in [-0.15, -0.1) is 0 Å². The predicted molar refractivity (Wildman–Crippen MR) is 85.2 cm³/mol. The number of likely N-dealkylation sites (N-methyl/N-ethyl adjacent to an activating group) is 1. The molecular formula is C16H29N3O. The van der Waals surface area contributed by atoms with E-state index in [1.807, 2.05) is 18.2 Å². The average molecular weight is 279 g/mol. The Morgan fingerprint density at radius 1 is 1.20 bits per heavy atom. The third-order valence-corrected chi connectivity index (χ3v) is 3.52.